The lowest BCUT2D eigenvalue weighted by molar-refractivity contribution is 0.0952. The summed E-state index contributed by atoms with van der Waals surface area (Å²) in [7, 11) is 3.96. The summed E-state index contributed by atoms with van der Waals surface area (Å²) in [4.78, 5) is 19.1. The maximum absolute atomic E-state index is 12.4. The molecule has 25 heavy (non-hydrogen) atoms. The molecule has 134 valence electrons. The highest BCUT2D eigenvalue weighted by Crippen LogP contribution is 2.20. The van der Waals surface area contributed by atoms with Gasteiger partial charge in [0.1, 0.15) is 5.65 Å². The van der Waals surface area contributed by atoms with Gasteiger partial charge in [-0.2, -0.15) is 0 Å². The molecule has 7 heteroatoms. The third kappa shape index (κ3) is 4.95. The summed E-state index contributed by atoms with van der Waals surface area (Å²) in [5, 5.41) is 2.94. The molecule has 3 rings (SSSR count). The summed E-state index contributed by atoms with van der Waals surface area (Å²) >= 11 is 0. The number of imidazole rings is 1. The average Bonchev–Trinajstić information content (AvgIpc) is 2.99. The zero-order valence-corrected chi connectivity index (χ0v) is 15.8. The number of halogens is 2. The van der Waals surface area contributed by atoms with Crippen molar-refractivity contribution in [2.45, 2.75) is 0 Å². The number of hydrogen-bond acceptors (Lipinski definition) is 3. The normalized spacial score (nSPS) is 10.2. The molecule has 0 saturated heterocycles. The van der Waals surface area contributed by atoms with Gasteiger partial charge in [-0.3, -0.25) is 4.79 Å². The second kappa shape index (κ2) is 9.42. The van der Waals surface area contributed by atoms with Crippen LogP contribution >= 0.6 is 24.8 Å². The van der Waals surface area contributed by atoms with E-state index in [1.165, 1.54) is 0 Å². The number of likely N-dealkylation sites (N-methyl/N-ethyl adjacent to an activating group) is 1. The quantitative estimate of drug-likeness (QED) is 0.739. The molecule has 1 aromatic carbocycles. The van der Waals surface area contributed by atoms with Crippen LogP contribution in [0.1, 0.15) is 10.4 Å². The molecule has 0 fully saturated rings. The van der Waals surface area contributed by atoms with E-state index in [1.54, 1.807) is 0 Å². The molecule has 0 aliphatic rings. The maximum Gasteiger partial charge on any atom is 0.255 e. The predicted molar refractivity (Wildman–Crippen MR) is 106 cm³/mol. The number of nitrogens with one attached hydrogen (secondary N) is 1. The molecule has 2 heterocycles. The molecule has 5 nitrogen and oxygen atoms in total. The molecule has 0 spiro atoms. The van der Waals surface area contributed by atoms with Gasteiger partial charge in [0.25, 0.3) is 5.91 Å². The van der Waals surface area contributed by atoms with Crippen molar-refractivity contribution in [2.24, 2.45) is 0 Å². The van der Waals surface area contributed by atoms with Gasteiger partial charge in [0.15, 0.2) is 0 Å². The van der Waals surface area contributed by atoms with Crippen LogP contribution in [0.2, 0.25) is 0 Å². The summed E-state index contributed by atoms with van der Waals surface area (Å²) in [5.41, 5.74) is 3.16. The second-order valence-corrected chi connectivity index (χ2v) is 5.70. The number of benzene rings is 1. The zero-order chi connectivity index (χ0) is 16.2. The fourth-order valence-corrected chi connectivity index (χ4v) is 2.43. The lowest BCUT2D eigenvalue weighted by atomic mass is 10.2. The lowest BCUT2D eigenvalue weighted by Crippen LogP contribution is -2.31. The van der Waals surface area contributed by atoms with E-state index in [1.807, 2.05) is 78.3 Å². The lowest BCUT2D eigenvalue weighted by Gasteiger charge is -2.10. The van der Waals surface area contributed by atoms with E-state index < -0.39 is 0 Å². The van der Waals surface area contributed by atoms with Crippen molar-refractivity contribution in [2.75, 3.05) is 27.2 Å². The number of aromatic nitrogens is 2. The third-order valence-corrected chi connectivity index (χ3v) is 3.64. The molecule has 0 unspecified atom stereocenters. The average molecular weight is 381 g/mol. The Balaban J connectivity index is 0.00000156. The Morgan fingerprint density at radius 1 is 1.12 bits per heavy atom. The van der Waals surface area contributed by atoms with Crippen LogP contribution < -0.4 is 5.32 Å². The van der Waals surface area contributed by atoms with Crippen molar-refractivity contribution >= 4 is 36.4 Å². The monoisotopic (exact) mass is 380 g/mol. The van der Waals surface area contributed by atoms with Gasteiger partial charge in [-0.05, 0) is 26.2 Å². The van der Waals surface area contributed by atoms with E-state index >= 15 is 0 Å². The number of fused-ring (bicyclic) bond motifs is 1. The Bertz CT molecular complexity index is 818. The molecule has 1 amide bonds. The number of pyridine rings is 1. The van der Waals surface area contributed by atoms with Gasteiger partial charge in [-0.25, -0.2) is 4.98 Å². The summed E-state index contributed by atoms with van der Waals surface area (Å²) in [6, 6.07) is 13.6. The van der Waals surface area contributed by atoms with E-state index in [2.05, 4.69) is 10.3 Å². The van der Waals surface area contributed by atoms with Crippen LogP contribution in [-0.2, 0) is 0 Å². The maximum atomic E-state index is 12.4. The number of carbonyl (C=O) groups excluding carboxylic acids is 1. The van der Waals surface area contributed by atoms with E-state index in [0.29, 0.717) is 17.8 Å². The molecule has 0 saturated carbocycles. The second-order valence-electron chi connectivity index (χ2n) is 5.70. The Morgan fingerprint density at radius 3 is 2.52 bits per heavy atom. The topological polar surface area (TPSA) is 49.6 Å². The van der Waals surface area contributed by atoms with Crippen molar-refractivity contribution in [3.05, 3.63) is 60.4 Å². The molecule has 2 aromatic heterocycles. The first-order valence-electron chi connectivity index (χ1n) is 7.61. The van der Waals surface area contributed by atoms with Gasteiger partial charge in [0.2, 0.25) is 0 Å². The fourth-order valence-electron chi connectivity index (χ4n) is 2.43. The minimum Gasteiger partial charge on any atom is -0.351 e. The Morgan fingerprint density at radius 2 is 1.84 bits per heavy atom. The molecule has 0 atom stereocenters. The highest BCUT2D eigenvalue weighted by atomic mass is 35.5. The van der Waals surface area contributed by atoms with E-state index in [-0.39, 0.29) is 30.7 Å². The summed E-state index contributed by atoms with van der Waals surface area (Å²) in [5.74, 6) is -0.0948. The summed E-state index contributed by atoms with van der Waals surface area (Å²) in [6.07, 6.45) is 3.85. The van der Waals surface area contributed by atoms with E-state index in [9.17, 15) is 4.79 Å². The summed E-state index contributed by atoms with van der Waals surface area (Å²) < 4.78 is 1.89. The number of nitrogens with zero attached hydrogens (tertiary/aromatic N) is 3. The minimum absolute atomic E-state index is 0. The van der Waals surface area contributed by atoms with Gasteiger partial charge in [0.05, 0.1) is 11.3 Å². The molecule has 0 bridgehead atoms. The van der Waals surface area contributed by atoms with Gasteiger partial charge >= 0.3 is 0 Å². The van der Waals surface area contributed by atoms with E-state index in [4.69, 9.17) is 0 Å². The third-order valence-electron chi connectivity index (χ3n) is 3.64. The van der Waals surface area contributed by atoms with Crippen LogP contribution in [0.5, 0.6) is 0 Å². The van der Waals surface area contributed by atoms with Crippen LogP contribution in [0.15, 0.2) is 54.9 Å². The highest BCUT2D eigenvalue weighted by molar-refractivity contribution is 6.00. The van der Waals surface area contributed by atoms with Crippen LogP contribution in [-0.4, -0.2) is 47.4 Å². The van der Waals surface area contributed by atoms with Crippen molar-refractivity contribution in [3.63, 3.8) is 0 Å². The SMILES string of the molecule is CN(C)CCNC(=O)c1cccn2cc(-c3ccccc3)nc12.Cl.Cl. The Hall–Kier alpha value is -2.08. The van der Waals surface area contributed by atoms with E-state index in [0.717, 1.165) is 17.8 Å². The Labute approximate surface area is 159 Å². The minimum atomic E-state index is -0.0948. The molecular weight excluding hydrogens is 359 g/mol. The summed E-state index contributed by atoms with van der Waals surface area (Å²) in [6.45, 7) is 1.41. The number of carbonyl (C=O) groups is 1. The van der Waals surface area contributed by atoms with Crippen LogP contribution in [0, 0.1) is 0 Å². The van der Waals surface area contributed by atoms with Gasteiger partial charge in [-0.1, -0.05) is 30.3 Å². The van der Waals surface area contributed by atoms with Crippen LogP contribution in [0.3, 0.4) is 0 Å². The van der Waals surface area contributed by atoms with Crippen molar-refractivity contribution in [3.8, 4) is 11.3 Å². The van der Waals surface area contributed by atoms with Crippen molar-refractivity contribution in [1.82, 2.24) is 19.6 Å². The fraction of sp³-hybridized carbons (Fsp3) is 0.222. The molecule has 0 aliphatic carbocycles. The standard InChI is InChI=1S/C18H20N4O.2ClH/c1-21(2)12-10-19-18(23)15-9-6-11-22-13-16(20-17(15)22)14-7-4-3-5-8-14;;/h3-9,11,13H,10,12H2,1-2H3,(H,19,23);2*1H. The zero-order valence-electron chi connectivity index (χ0n) is 14.2. The number of amides is 1. The first-order chi connectivity index (χ1) is 11.1. The van der Waals surface area contributed by atoms with Gasteiger partial charge in [0, 0.05) is 31.0 Å². The first kappa shape index (κ1) is 21.0. The largest absolute Gasteiger partial charge is 0.351 e. The van der Waals surface area contributed by atoms with Crippen molar-refractivity contribution in [1.29, 1.82) is 0 Å². The predicted octanol–water partition coefficient (Wildman–Crippen LogP) is 3.14. The smallest absolute Gasteiger partial charge is 0.255 e. The molecular formula is C18H22Cl2N4O. The molecule has 3 aromatic rings. The Kier molecular flexibility index (Phi) is 7.90. The van der Waals surface area contributed by atoms with Crippen molar-refractivity contribution < 1.29 is 4.79 Å². The van der Waals surface area contributed by atoms with Crippen LogP contribution in [0.25, 0.3) is 16.9 Å². The highest BCUT2D eigenvalue weighted by Gasteiger charge is 2.13. The first-order valence-corrected chi connectivity index (χ1v) is 7.61. The van der Waals surface area contributed by atoms with Gasteiger partial charge in [-0.15, -0.1) is 24.8 Å². The molecule has 0 aliphatic heterocycles. The van der Waals surface area contributed by atoms with Crippen LogP contribution in [0.4, 0.5) is 0 Å². The molecule has 1 N–H and O–H groups in total. The van der Waals surface area contributed by atoms with Gasteiger partial charge < -0.3 is 14.6 Å². The number of hydrogen-bond donors (Lipinski definition) is 1. The number of rotatable bonds is 5. The molecule has 0 radical (unpaired) electrons.